The highest BCUT2D eigenvalue weighted by Gasteiger charge is 2.36. The Bertz CT molecular complexity index is 363. The molecule has 1 aromatic heterocycles. The minimum absolute atomic E-state index is 0.701. The Morgan fingerprint density at radius 1 is 1.50 bits per heavy atom. The third kappa shape index (κ3) is 2.01. The first-order valence-corrected chi connectivity index (χ1v) is 7.09. The van der Waals surface area contributed by atoms with Crippen molar-refractivity contribution in [3.63, 3.8) is 0 Å². The van der Waals surface area contributed by atoms with E-state index in [4.69, 9.17) is 0 Å². The van der Waals surface area contributed by atoms with Crippen LogP contribution in [0, 0.1) is 6.92 Å². The van der Waals surface area contributed by atoms with E-state index in [1.807, 2.05) is 0 Å². The fraction of sp³-hybridized carbons (Fsp3) is 0.750. The molecular weight excluding hydrogens is 218 g/mol. The van der Waals surface area contributed by atoms with Gasteiger partial charge in [-0.1, -0.05) is 0 Å². The number of aromatic nitrogens is 1. The first-order valence-electron chi connectivity index (χ1n) is 6.21. The second kappa shape index (κ2) is 4.43. The highest BCUT2D eigenvalue weighted by molar-refractivity contribution is 7.09. The summed E-state index contributed by atoms with van der Waals surface area (Å²) in [6, 6.07) is 1.51. The van der Waals surface area contributed by atoms with Crippen molar-refractivity contribution in [1.82, 2.24) is 15.2 Å². The molecule has 0 radical (unpaired) electrons. The first-order chi connectivity index (χ1) is 7.83. The molecule has 2 unspecified atom stereocenters. The lowest BCUT2D eigenvalue weighted by Crippen LogP contribution is -2.38. The predicted molar refractivity (Wildman–Crippen MR) is 66.7 cm³/mol. The summed E-state index contributed by atoms with van der Waals surface area (Å²) >= 11 is 1.77. The topological polar surface area (TPSA) is 28.2 Å². The summed E-state index contributed by atoms with van der Waals surface area (Å²) in [5, 5.41) is 7.05. The number of thiazole rings is 1. The van der Waals surface area contributed by atoms with Crippen molar-refractivity contribution in [2.75, 3.05) is 13.1 Å². The fourth-order valence-electron chi connectivity index (χ4n) is 3.02. The highest BCUT2D eigenvalue weighted by Crippen LogP contribution is 2.28. The van der Waals surface area contributed by atoms with Crippen molar-refractivity contribution in [2.45, 2.75) is 44.8 Å². The molecule has 16 heavy (non-hydrogen) atoms. The molecule has 2 aliphatic rings. The third-order valence-corrected chi connectivity index (χ3v) is 4.75. The van der Waals surface area contributed by atoms with Crippen LogP contribution in [0.4, 0.5) is 0 Å². The lowest BCUT2D eigenvalue weighted by atomic mass is 10.1. The number of hydrogen-bond acceptors (Lipinski definition) is 4. The van der Waals surface area contributed by atoms with Gasteiger partial charge in [0.1, 0.15) is 5.01 Å². The average molecular weight is 237 g/mol. The Kier molecular flexibility index (Phi) is 2.96. The Labute approximate surface area is 101 Å². The van der Waals surface area contributed by atoms with Crippen LogP contribution in [0.5, 0.6) is 0 Å². The molecule has 88 valence electrons. The maximum Gasteiger partial charge on any atom is 0.107 e. The van der Waals surface area contributed by atoms with Gasteiger partial charge in [-0.15, -0.1) is 11.3 Å². The number of hydrogen-bond donors (Lipinski definition) is 1. The van der Waals surface area contributed by atoms with Gasteiger partial charge in [0.05, 0.1) is 0 Å². The van der Waals surface area contributed by atoms with Gasteiger partial charge in [-0.05, 0) is 32.7 Å². The van der Waals surface area contributed by atoms with Gasteiger partial charge in [-0.25, -0.2) is 4.98 Å². The quantitative estimate of drug-likeness (QED) is 0.868. The van der Waals surface area contributed by atoms with Gasteiger partial charge >= 0.3 is 0 Å². The Morgan fingerprint density at radius 2 is 2.44 bits per heavy atom. The second-order valence-corrected chi connectivity index (χ2v) is 5.85. The van der Waals surface area contributed by atoms with Gasteiger partial charge in [-0.2, -0.15) is 0 Å². The molecule has 2 fully saturated rings. The number of fused-ring (bicyclic) bond motifs is 1. The van der Waals surface area contributed by atoms with E-state index in [0.717, 1.165) is 18.3 Å². The molecule has 3 nitrogen and oxygen atoms in total. The molecule has 1 N–H and O–H groups in total. The molecule has 0 spiro atoms. The van der Waals surface area contributed by atoms with E-state index in [2.05, 4.69) is 27.5 Å². The molecule has 1 aromatic rings. The minimum atomic E-state index is 0.701. The van der Waals surface area contributed by atoms with Crippen LogP contribution in [0.3, 0.4) is 0 Å². The van der Waals surface area contributed by atoms with Crippen molar-refractivity contribution in [1.29, 1.82) is 0 Å². The minimum Gasteiger partial charge on any atom is -0.306 e. The zero-order valence-corrected chi connectivity index (χ0v) is 10.6. The normalized spacial score (nSPS) is 29.8. The molecule has 0 aliphatic carbocycles. The van der Waals surface area contributed by atoms with Gasteiger partial charge in [-0.3, -0.25) is 4.90 Å². The van der Waals surface area contributed by atoms with Crippen LogP contribution in [0.25, 0.3) is 0 Å². The van der Waals surface area contributed by atoms with Crippen molar-refractivity contribution in [3.8, 4) is 0 Å². The average Bonchev–Trinajstić information content (AvgIpc) is 2.91. The first kappa shape index (κ1) is 10.7. The Hall–Kier alpha value is -0.450. The summed E-state index contributed by atoms with van der Waals surface area (Å²) in [6.45, 7) is 5.63. The van der Waals surface area contributed by atoms with Crippen LogP contribution < -0.4 is 5.32 Å². The van der Waals surface area contributed by atoms with Crippen LogP contribution >= 0.6 is 11.3 Å². The predicted octanol–water partition coefficient (Wildman–Crippen LogP) is 1.78. The lowest BCUT2D eigenvalue weighted by Gasteiger charge is -2.20. The number of rotatable bonds is 3. The summed E-state index contributed by atoms with van der Waals surface area (Å²) in [5.74, 6) is 0. The zero-order chi connectivity index (χ0) is 11.0. The molecule has 0 saturated carbocycles. The molecule has 2 atom stereocenters. The van der Waals surface area contributed by atoms with E-state index < -0.39 is 0 Å². The fourth-order valence-corrected chi connectivity index (χ4v) is 3.75. The number of aryl methyl sites for hydroxylation is 1. The lowest BCUT2D eigenvalue weighted by molar-refractivity contribution is 0.298. The van der Waals surface area contributed by atoms with Crippen LogP contribution in [0.2, 0.25) is 0 Å². The van der Waals surface area contributed by atoms with Crippen LogP contribution in [-0.4, -0.2) is 35.1 Å². The molecule has 0 amide bonds. The van der Waals surface area contributed by atoms with E-state index in [-0.39, 0.29) is 0 Å². The number of nitrogens with zero attached hydrogens (tertiary/aromatic N) is 2. The SMILES string of the molecule is Cc1csc(CNC2CCN3CCCC23)n1. The summed E-state index contributed by atoms with van der Waals surface area (Å²) in [4.78, 5) is 7.14. The maximum absolute atomic E-state index is 4.50. The van der Waals surface area contributed by atoms with Crippen molar-refractivity contribution >= 4 is 11.3 Å². The molecule has 3 rings (SSSR count). The van der Waals surface area contributed by atoms with Crippen molar-refractivity contribution in [3.05, 3.63) is 16.1 Å². The Morgan fingerprint density at radius 3 is 3.25 bits per heavy atom. The maximum atomic E-state index is 4.50. The van der Waals surface area contributed by atoms with Crippen molar-refractivity contribution < 1.29 is 0 Å². The smallest absolute Gasteiger partial charge is 0.107 e. The molecule has 4 heteroatoms. The second-order valence-electron chi connectivity index (χ2n) is 4.90. The van der Waals surface area contributed by atoms with E-state index in [1.165, 1.54) is 37.4 Å². The van der Waals surface area contributed by atoms with Gasteiger partial charge in [0.25, 0.3) is 0 Å². The van der Waals surface area contributed by atoms with E-state index in [1.54, 1.807) is 11.3 Å². The van der Waals surface area contributed by atoms with E-state index in [0.29, 0.717) is 6.04 Å². The van der Waals surface area contributed by atoms with Gasteiger partial charge in [0, 0.05) is 36.2 Å². The van der Waals surface area contributed by atoms with E-state index in [9.17, 15) is 0 Å². The summed E-state index contributed by atoms with van der Waals surface area (Å²) in [5.41, 5.74) is 1.15. The summed E-state index contributed by atoms with van der Waals surface area (Å²) in [6.07, 6.45) is 4.09. The standard InChI is InChI=1S/C12H19N3S/c1-9-8-16-12(14-9)7-13-10-4-6-15-5-2-3-11(10)15/h8,10-11,13H,2-7H2,1H3. The third-order valence-electron chi connectivity index (χ3n) is 3.79. The van der Waals surface area contributed by atoms with Crippen LogP contribution in [0.1, 0.15) is 30.0 Å². The van der Waals surface area contributed by atoms with Crippen molar-refractivity contribution in [2.24, 2.45) is 0 Å². The molecule has 3 heterocycles. The highest BCUT2D eigenvalue weighted by atomic mass is 32.1. The van der Waals surface area contributed by atoms with Crippen LogP contribution in [0.15, 0.2) is 5.38 Å². The van der Waals surface area contributed by atoms with Gasteiger partial charge in [0.2, 0.25) is 0 Å². The van der Waals surface area contributed by atoms with Gasteiger partial charge < -0.3 is 5.32 Å². The molecule has 2 saturated heterocycles. The van der Waals surface area contributed by atoms with Crippen LogP contribution in [-0.2, 0) is 6.54 Å². The summed E-state index contributed by atoms with van der Waals surface area (Å²) in [7, 11) is 0. The molecule has 0 bridgehead atoms. The Balaban J connectivity index is 1.55. The molecular formula is C12H19N3S. The largest absolute Gasteiger partial charge is 0.306 e. The van der Waals surface area contributed by atoms with Gasteiger partial charge in [0.15, 0.2) is 0 Å². The molecule has 0 aromatic carbocycles. The number of nitrogens with one attached hydrogen (secondary N) is 1. The zero-order valence-electron chi connectivity index (χ0n) is 9.78. The molecule has 2 aliphatic heterocycles. The van der Waals surface area contributed by atoms with E-state index >= 15 is 0 Å². The monoisotopic (exact) mass is 237 g/mol. The summed E-state index contributed by atoms with van der Waals surface area (Å²) < 4.78 is 0.